The summed E-state index contributed by atoms with van der Waals surface area (Å²) in [6, 6.07) is 5.89. The van der Waals surface area contributed by atoms with E-state index in [1.54, 1.807) is 18.6 Å². The first-order valence-corrected chi connectivity index (χ1v) is 5.80. The third kappa shape index (κ3) is 2.87. The average Bonchev–Trinajstić information content (AvgIpc) is 2.30. The van der Waals surface area contributed by atoms with Crippen LogP contribution in [0.3, 0.4) is 0 Å². The lowest BCUT2D eigenvalue weighted by atomic mass is 10.0. The molecule has 16 heavy (non-hydrogen) atoms. The first kappa shape index (κ1) is 11.2. The number of halogens is 1. The van der Waals surface area contributed by atoms with E-state index in [4.69, 9.17) is 5.73 Å². The van der Waals surface area contributed by atoms with Gasteiger partial charge in [-0.3, -0.25) is 9.97 Å². The maximum absolute atomic E-state index is 6.11. The topological polar surface area (TPSA) is 51.8 Å². The maximum atomic E-state index is 6.11. The Hall–Kier alpha value is -1.26. The number of hydrogen-bond acceptors (Lipinski definition) is 3. The zero-order valence-electron chi connectivity index (χ0n) is 8.68. The summed E-state index contributed by atoms with van der Waals surface area (Å²) in [5.41, 5.74) is 8.27. The Morgan fingerprint density at radius 2 is 2.12 bits per heavy atom. The van der Waals surface area contributed by atoms with Crippen LogP contribution in [0.4, 0.5) is 0 Å². The van der Waals surface area contributed by atoms with Crippen LogP contribution in [-0.4, -0.2) is 9.97 Å². The van der Waals surface area contributed by atoms with Crippen molar-refractivity contribution in [1.29, 1.82) is 0 Å². The van der Waals surface area contributed by atoms with Crippen molar-refractivity contribution in [3.8, 4) is 0 Å². The molecule has 0 aliphatic carbocycles. The standard InChI is InChI=1S/C12H12BrN3/c13-11-5-10(7-16-8-11)12(14)4-9-2-1-3-15-6-9/h1-3,5-8,12H,4,14H2. The molecule has 1 unspecified atom stereocenters. The Kier molecular flexibility index (Phi) is 3.64. The van der Waals surface area contributed by atoms with Gasteiger partial charge in [-0.25, -0.2) is 0 Å². The van der Waals surface area contributed by atoms with Gasteiger partial charge in [0.05, 0.1) is 0 Å². The molecule has 0 amide bonds. The van der Waals surface area contributed by atoms with Gasteiger partial charge in [-0.15, -0.1) is 0 Å². The van der Waals surface area contributed by atoms with Crippen LogP contribution in [-0.2, 0) is 6.42 Å². The Morgan fingerprint density at radius 1 is 1.25 bits per heavy atom. The molecule has 0 saturated heterocycles. The van der Waals surface area contributed by atoms with Gasteiger partial charge < -0.3 is 5.73 Å². The molecule has 0 aliphatic heterocycles. The van der Waals surface area contributed by atoms with E-state index in [0.717, 1.165) is 22.0 Å². The van der Waals surface area contributed by atoms with Crippen LogP contribution in [0.15, 0.2) is 47.5 Å². The molecule has 0 bridgehead atoms. The SMILES string of the molecule is NC(Cc1cccnc1)c1cncc(Br)c1. The van der Waals surface area contributed by atoms with E-state index in [1.807, 2.05) is 24.4 Å². The fraction of sp³-hybridized carbons (Fsp3) is 0.167. The number of pyridine rings is 2. The second-order valence-corrected chi connectivity index (χ2v) is 4.52. The van der Waals surface area contributed by atoms with Crippen LogP contribution < -0.4 is 5.73 Å². The predicted octanol–water partition coefficient (Wildman–Crippen LogP) is 2.48. The molecule has 3 nitrogen and oxygen atoms in total. The Bertz CT molecular complexity index is 459. The van der Waals surface area contributed by atoms with Gasteiger partial charge >= 0.3 is 0 Å². The van der Waals surface area contributed by atoms with Crippen LogP contribution in [0.1, 0.15) is 17.2 Å². The van der Waals surface area contributed by atoms with Gasteiger partial charge in [-0.2, -0.15) is 0 Å². The van der Waals surface area contributed by atoms with E-state index in [0.29, 0.717) is 0 Å². The summed E-state index contributed by atoms with van der Waals surface area (Å²) in [5.74, 6) is 0. The van der Waals surface area contributed by atoms with Crippen LogP contribution in [0, 0.1) is 0 Å². The Morgan fingerprint density at radius 3 is 2.81 bits per heavy atom. The molecule has 2 heterocycles. The highest BCUT2D eigenvalue weighted by Crippen LogP contribution is 2.18. The van der Waals surface area contributed by atoms with Crippen molar-refractivity contribution in [2.45, 2.75) is 12.5 Å². The number of nitrogens with zero attached hydrogens (tertiary/aromatic N) is 2. The van der Waals surface area contributed by atoms with E-state index in [-0.39, 0.29) is 6.04 Å². The second kappa shape index (κ2) is 5.18. The normalized spacial score (nSPS) is 12.4. The van der Waals surface area contributed by atoms with Gasteiger partial charge in [0.1, 0.15) is 0 Å². The summed E-state index contributed by atoms with van der Waals surface area (Å²) in [6.45, 7) is 0. The fourth-order valence-corrected chi connectivity index (χ4v) is 1.90. The maximum Gasteiger partial charge on any atom is 0.0410 e. The molecule has 2 aromatic heterocycles. The molecule has 0 saturated carbocycles. The minimum Gasteiger partial charge on any atom is -0.324 e. The van der Waals surface area contributed by atoms with Crippen LogP contribution in [0.25, 0.3) is 0 Å². The highest BCUT2D eigenvalue weighted by molar-refractivity contribution is 9.10. The zero-order valence-corrected chi connectivity index (χ0v) is 10.3. The average molecular weight is 278 g/mol. The van der Waals surface area contributed by atoms with E-state index < -0.39 is 0 Å². The van der Waals surface area contributed by atoms with Crippen molar-refractivity contribution in [2.75, 3.05) is 0 Å². The lowest BCUT2D eigenvalue weighted by Crippen LogP contribution is -2.13. The molecule has 2 aromatic rings. The summed E-state index contributed by atoms with van der Waals surface area (Å²) in [7, 11) is 0. The third-order valence-corrected chi connectivity index (χ3v) is 2.77. The number of hydrogen-bond donors (Lipinski definition) is 1. The molecular weight excluding hydrogens is 266 g/mol. The number of aromatic nitrogens is 2. The van der Waals surface area contributed by atoms with Gasteiger partial charge in [-0.05, 0) is 45.6 Å². The van der Waals surface area contributed by atoms with Crippen molar-refractivity contribution < 1.29 is 0 Å². The molecule has 4 heteroatoms. The largest absolute Gasteiger partial charge is 0.324 e. The smallest absolute Gasteiger partial charge is 0.0410 e. The molecular formula is C12H12BrN3. The van der Waals surface area contributed by atoms with Crippen molar-refractivity contribution in [3.05, 3.63) is 58.6 Å². The minimum atomic E-state index is -0.0470. The van der Waals surface area contributed by atoms with Gasteiger partial charge in [0.25, 0.3) is 0 Å². The quantitative estimate of drug-likeness (QED) is 0.938. The Labute approximate surface area is 103 Å². The monoisotopic (exact) mass is 277 g/mol. The molecule has 2 N–H and O–H groups in total. The molecule has 0 aliphatic rings. The van der Waals surface area contributed by atoms with E-state index in [2.05, 4.69) is 25.9 Å². The Balaban J connectivity index is 2.12. The molecule has 2 rings (SSSR count). The first-order chi connectivity index (χ1) is 7.75. The van der Waals surface area contributed by atoms with Gasteiger partial charge in [-0.1, -0.05) is 6.07 Å². The van der Waals surface area contributed by atoms with Gasteiger partial charge in [0, 0.05) is 35.3 Å². The summed E-state index contributed by atoms with van der Waals surface area (Å²) >= 11 is 3.39. The molecule has 82 valence electrons. The van der Waals surface area contributed by atoms with Crippen LogP contribution >= 0.6 is 15.9 Å². The minimum absolute atomic E-state index is 0.0470. The lowest BCUT2D eigenvalue weighted by molar-refractivity contribution is 0.715. The summed E-state index contributed by atoms with van der Waals surface area (Å²) in [6.07, 6.45) is 7.92. The van der Waals surface area contributed by atoms with Crippen molar-refractivity contribution in [3.63, 3.8) is 0 Å². The zero-order chi connectivity index (χ0) is 11.4. The van der Waals surface area contributed by atoms with Crippen molar-refractivity contribution in [2.24, 2.45) is 5.73 Å². The molecule has 0 aromatic carbocycles. The summed E-state index contributed by atoms with van der Waals surface area (Å²) < 4.78 is 0.951. The van der Waals surface area contributed by atoms with Gasteiger partial charge in [0.2, 0.25) is 0 Å². The van der Waals surface area contributed by atoms with E-state index in [1.165, 1.54) is 0 Å². The first-order valence-electron chi connectivity index (χ1n) is 5.00. The molecule has 0 spiro atoms. The molecule has 0 radical (unpaired) electrons. The lowest BCUT2D eigenvalue weighted by Gasteiger charge is -2.11. The number of nitrogens with two attached hydrogens (primary N) is 1. The molecule has 0 fully saturated rings. The number of rotatable bonds is 3. The summed E-state index contributed by atoms with van der Waals surface area (Å²) in [5, 5.41) is 0. The highest BCUT2D eigenvalue weighted by atomic mass is 79.9. The van der Waals surface area contributed by atoms with E-state index in [9.17, 15) is 0 Å². The fourth-order valence-electron chi connectivity index (χ4n) is 1.52. The van der Waals surface area contributed by atoms with Gasteiger partial charge in [0.15, 0.2) is 0 Å². The van der Waals surface area contributed by atoms with E-state index >= 15 is 0 Å². The molecule has 1 atom stereocenters. The summed E-state index contributed by atoms with van der Waals surface area (Å²) in [4.78, 5) is 8.17. The third-order valence-electron chi connectivity index (χ3n) is 2.33. The predicted molar refractivity (Wildman–Crippen MR) is 66.8 cm³/mol. The highest BCUT2D eigenvalue weighted by Gasteiger charge is 2.07. The van der Waals surface area contributed by atoms with Crippen molar-refractivity contribution in [1.82, 2.24) is 9.97 Å². The van der Waals surface area contributed by atoms with Crippen LogP contribution in [0.2, 0.25) is 0 Å². The second-order valence-electron chi connectivity index (χ2n) is 3.61. The van der Waals surface area contributed by atoms with Crippen LogP contribution in [0.5, 0.6) is 0 Å². The van der Waals surface area contributed by atoms with Crippen molar-refractivity contribution >= 4 is 15.9 Å².